The molecule has 1 unspecified atom stereocenters. The fourth-order valence-electron chi connectivity index (χ4n) is 2.82. The lowest BCUT2D eigenvalue weighted by Gasteiger charge is -2.34. The Morgan fingerprint density at radius 3 is 2.11 bits per heavy atom. The summed E-state index contributed by atoms with van der Waals surface area (Å²) >= 11 is 0. The molecule has 1 aromatic carbocycles. The first-order chi connectivity index (χ1) is 12.6. The van der Waals surface area contributed by atoms with Crippen molar-refractivity contribution in [2.24, 2.45) is 0 Å². The van der Waals surface area contributed by atoms with Gasteiger partial charge in [0.2, 0.25) is 0 Å². The average molecular weight is 388 g/mol. The zero-order valence-electron chi connectivity index (χ0n) is 16.5. The number of rotatable bonds is 9. The summed E-state index contributed by atoms with van der Waals surface area (Å²) in [6.07, 6.45) is 1.65. The second-order valence-electron chi connectivity index (χ2n) is 6.90. The molecule has 0 heterocycles. The van der Waals surface area contributed by atoms with Crippen LogP contribution in [0.5, 0.6) is 0 Å². The Balaban J connectivity index is 2.70. The number of anilines is 1. The van der Waals surface area contributed by atoms with Gasteiger partial charge in [-0.3, -0.25) is 9.59 Å². The van der Waals surface area contributed by atoms with Crippen molar-refractivity contribution in [3.63, 3.8) is 0 Å². The maximum atomic E-state index is 13.6. The van der Waals surface area contributed by atoms with Crippen LogP contribution in [0.15, 0.2) is 12.1 Å². The first kappa shape index (κ1) is 23.0. The Morgan fingerprint density at radius 2 is 1.59 bits per heavy atom. The first-order valence-corrected chi connectivity index (χ1v) is 9.18. The largest absolute Gasteiger partial charge is 0.332 e. The Kier molecular flexibility index (Phi) is 8.75. The van der Waals surface area contributed by atoms with Gasteiger partial charge in [0.05, 0.1) is 12.7 Å². The van der Waals surface area contributed by atoms with Gasteiger partial charge in [0.15, 0.2) is 30.5 Å². The van der Waals surface area contributed by atoms with Gasteiger partial charge in [-0.1, -0.05) is 13.8 Å². The van der Waals surface area contributed by atoms with E-state index in [2.05, 4.69) is 5.32 Å². The van der Waals surface area contributed by atoms with Crippen molar-refractivity contribution in [2.45, 2.75) is 52.6 Å². The smallest absolute Gasteiger partial charge is 0.279 e. The highest BCUT2D eigenvalue weighted by molar-refractivity contribution is 5.91. The first-order valence-electron chi connectivity index (χ1n) is 9.18. The molecule has 2 amide bonds. The highest BCUT2D eigenvalue weighted by Crippen LogP contribution is 2.19. The van der Waals surface area contributed by atoms with Crippen LogP contribution in [0.1, 0.15) is 40.5 Å². The quantitative estimate of drug-likeness (QED) is 0.636. The van der Waals surface area contributed by atoms with Crippen LogP contribution in [0.3, 0.4) is 0 Å². The number of halogens is 3. The van der Waals surface area contributed by atoms with Crippen molar-refractivity contribution in [1.29, 1.82) is 0 Å². The predicted octanol–water partition coefficient (Wildman–Crippen LogP) is 1.98. The monoisotopic (exact) mass is 388 g/mol. The summed E-state index contributed by atoms with van der Waals surface area (Å²) in [5.41, 5.74) is -0.432. The molecule has 0 saturated heterocycles. The van der Waals surface area contributed by atoms with Crippen LogP contribution in [0.4, 0.5) is 18.9 Å². The summed E-state index contributed by atoms with van der Waals surface area (Å²) in [5.74, 6) is -5.07. The third-order valence-corrected chi connectivity index (χ3v) is 4.64. The van der Waals surface area contributed by atoms with E-state index < -0.39 is 29.0 Å². The molecule has 0 bridgehead atoms. The second-order valence-corrected chi connectivity index (χ2v) is 6.90. The molecule has 2 N–H and O–H groups in total. The van der Waals surface area contributed by atoms with Crippen molar-refractivity contribution in [3.8, 4) is 0 Å². The lowest BCUT2D eigenvalue weighted by Crippen LogP contribution is -3.11. The van der Waals surface area contributed by atoms with Crippen molar-refractivity contribution >= 4 is 17.5 Å². The number of hydrogen-bond donors (Lipinski definition) is 2. The number of carbonyl (C=O) groups is 2. The van der Waals surface area contributed by atoms with E-state index in [-0.39, 0.29) is 31.1 Å². The van der Waals surface area contributed by atoms with Crippen LogP contribution >= 0.6 is 0 Å². The topological polar surface area (TPSA) is 53.9 Å². The Morgan fingerprint density at radius 1 is 1.04 bits per heavy atom. The molecule has 0 aromatic heterocycles. The predicted molar refractivity (Wildman–Crippen MR) is 97.9 cm³/mol. The van der Waals surface area contributed by atoms with Gasteiger partial charge in [0.1, 0.15) is 0 Å². The van der Waals surface area contributed by atoms with Crippen LogP contribution in [-0.2, 0) is 9.59 Å². The van der Waals surface area contributed by atoms with Crippen molar-refractivity contribution in [2.75, 3.05) is 25.5 Å². The standard InChI is InChI=1S/C19H28F3N3O2/c1-6-12(3)25(13(4)7-2)17(27)11-24(5)10-16(26)23-15-9-8-14(20)18(21)19(15)22/h8-9,12-13H,6-7,10-11H2,1-5H3,(H,23,26)/p+1/t12-,13-/m0/s1. The van der Waals surface area contributed by atoms with Gasteiger partial charge in [-0.25, -0.2) is 13.2 Å². The highest BCUT2D eigenvalue weighted by atomic mass is 19.2. The minimum absolute atomic E-state index is 0.0667. The number of hydrogen-bond acceptors (Lipinski definition) is 2. The SMILES string of the molecule is CC[C@H](C)N(C(=O)C[NH+](C)CC(=O)Nc1ccc(F)c(F)c1F)[C@@H](C)CC. The van der Waals surface area contributed by atoms with Gasteiger partial charge in [0.25, 0.3) is 11.8 Å². The Bertz CT molecular complexity index is 660. The molecule has 0 aliphatic rings. The maximum absolute atomic E-state index is 13.6. The van der Waals surface area contributed by atoms with E-state index in [0.717, 1.165) is 25.0 Å². The van der Waals surface area contributed by atoms with Gasteiger partial charge in [0, 0.05) is 12.1 Å². The third kappa shape index (κ3) is 6.23. The molecule has 3 atom stereocenters. The maximum Gasteiger partial charge on any atom is 0.279 e. The van der Waals surface area contributed by atoms with Crippen LogP contribution in [0.25, 0.3) is 0 Å². The van der Waals surface area contributed by atoms with E-state index in [4.69, 9.17) is 0 Å². The molecule has 27 heavy (non-hydrogen) atoms. The fraction of sp³-hybridized carbons (Fsp3) is 0.579. The molecule has 152 valence electrons. The summed E-state index contributed by atoms with van der Waals surface area (Å²) in [7, 11) is 1.67. The molecular formula is C19H29F3N3O2+. The molecule has 0 fully saturated rings. The van der Waals surface area contributed by atoms with Crippen molar-refractivity contribution in [3.05, 3.63) is 29.6 Å². The number of nitrogens with one attached hydrogen (secondary N) is 2. The van der Waals surface area contributed by atoms with Crippen LogP contribution in [-0.4, -0.2) is 48.9 Å². The molecule has 5 nitrogen and oxygen atoms in total. The zero-order valence-corrected chi connectivity index (χ0v) is 16.5. The Labute approximate surface area is 158 Å². The number of benzene rings is 1. The van der Waals surface area contributed by atoms with Gasteiger partial charge in [-0.15, -0.1) is 0 Å². The summed E-state index contributed by atoms with van der Waals surface area (Å²) in [6, 6.07) is 1.88. The number of carbonyl (C=O) groups excluding carboxylic acids is 2. The molecule has 0 radical (unpaired) electrons. The van der Waals surface area contributed by atoms with Gasteiger partial charge in [-0.2, -0.15) is 0 Å². The molecule has 8 heteroatoms. The van der Waals surface area contributed by atoms with E-state index in [1.165, 1.54) is 0 Å². The van der Waals surface area contributed by atoms with Crippen molar-refractivity contribution < 1.29 is 27.7 Å². The summed E-state index contributed by atoms with van der Waals surface area (Å²) in [4.78, 5) is 27.2. The number of likely N-dealkylation sites (N-methyl/N-ethyl adjacent to an activating group) is 1. The van der Waals surface area contributed by atoms with Gasteiger partial charge in [-0.05, 0) is 38.8 Å². The normalized spacial score (nSPS) is 14.4. The van der Waals surface area contributed by atoms with Crippen LogP contribution < -0.4 is 10.2 Å². The Hall–Kier alpha value is -2.09. The highest BCUT2D eigenvalue weighted by Gasteiger charge is 2.26. The second kappa shape index (κ2) is 10.3. The average Bonchev–Trinajstić information content (AvgIpc) is 2.61. The van der Waals surface area contributed by atoms with Crippen LogP contribution in [0, 0.1) is 17.5 Å². The van der Waals surface area contributed by atoms with E-state index in [0.29, 0.717) is 4.90 Å². The minimum Gasteiger partial charge on any atom is -0.332 e. The van der Waals surface area contributed by atoms with E-state index in [1.54, 1.807) is 7.05 Å². The lowest BCUT2D eigenvalue weighted by atomic mass is 10.1. The molecule has 0 saturated carbocycles. The zero-order chi connectivity index (χ0) is 20.7. The van der Waals surface area contributed by atoms with E-state index in [1.807, 2.05) is 32.6 Å². The summed E-state index contributed by atoms with van der Waals surface area (Å²) < 4.78 is 39.8. The van der Waals surface area contributed by atoms with Crippen LogP contribution in [0.2, 0.25) is 0 Å². The molecule has 0 aliphatic heterocycles. The van der Waals surface area contributed by atoms with Gasteiger partial charge < -0.3 is 15.1 Å². The van der Waals surface area contributed by atoms with E-state index >= 15 is 0 Å². The van der Waals surface area contributed by atoms with E-state index in [9.17, 15) is 22.8 Å². The molecule has 0 spiro atoms. The molecular weight excluding hydrogens is 359 g/mol. The molecule has 1 aromatic rings. The fourth-order valence-corrected chi connectivity index (χ4v) is 2.82. The lowest BCUT2D eigenvalue weighted by molar-refractivity contribution is -0.862. The minimum atomic E-state index is -1.64. The third-order valence-electron chi connectivity index (χ3n) is 4.64. The summed E-state index contributed by atoms with van der Waals surface area (Å²) in [6.45, 7) is 7.97. The molecule has 0 aliphatic carbocycles. The number of amides is 2. The number of quaternary nitrogens is 1. The number of nitrogens with zero attached hydrogens (tertiary/aromatic N) is 1. The van der Waals surface area contributed by atoms with Gasteiger partial charge >= 0.3 is 0 Å². The summed E-state index contributed by atoms with van der Waals surface area (Å²) in [5, 5.41) is 2.21. The van der Waals surface area contributed by atoms with Crippen molar-refractivity contribution in [1.82, 2.24) is 4.90 Å². The molecule has 1 rings (SSSR count).